The SMILES string of the molecule is CC(C)Oc1ccccc1C(C)C.CC(C)c1cccc2c1OCCCO2.CC(C)c1cccc2c1OCO2.CC(C)c1ccccc1C#N.CC(C)c1ccccc1C(F)(F)F.CC(C)c1ccccc1Cl.CC(C)c1ccccc1O.CCC(C)Oc1ccccc1C(C)C.CCCOc1ccccc1C(C)C.CCOc1ccccc1C(C)C.COc1ccccc1C(C)C.Cc1ccccc1C(C)C. The highest BCUT2D eigenvalue weighted by molar-refractivity contribution is 6.31. The van der Waals surface area contributed by atoms with Crippen LogP contribution in [0.5, 0.6) is 57.5 Å². The third kappa shape index (κ3) is 46.2. The summed E-state index contributed by atoms with van der Waals surface area (Å²) in [4.78, 5) is 0. The summed E-state index contributed by atoms with van der Waals surface area (Å²) in [5, 5.41) is 18.9. The lowest BCUT2D eigenvalue weighted by Gasteiger charge is -2.17. The molecule has 15 heteroatoms. The van der Waals surface area contributed by atoms with Gasteiger partial charge < -0.3 is 47.7 Å². The van der Waals surface area contributed by atoms with E-state index in [0.717, 1.165) is 125 Å². The van der Waals surface area contributed by atoms with Crippen LogP contribution >= 0.6 is 11.6 Å². The van der Waals surface area contributed by atoms with Crippen molar-refractivity contribution in [3.8, 4) is 63.6 Å². The lowest BCUT2D eigenvalue weighted by molar-refractivity contribution is -0.138. The van der Waals surface area contributed by atoms with E-state index in [4.69, 9.17) is 59.5 Å². The van der Waals surface area contributed by atoms with Crippen LogP contribution in [0.3, 0.4) is 0 Å². The van der Waals surface area contributed by atoms with Crippen LogP contribution in [0.25, 0.3) is 0 Å². The molecule has 11 nitrogen and oxygen atoms in total. The van der Waals surface area contributed by atoms with Gasteiger partial charge in [0, 0.05) is 22.6 Å². The highest BCUT2D eigenvalue weighted by Crippen LogP contribution is 2.41. The molecule has 2 heterocycles. The summed E-state index contributed by atoms with van der Waals surface area (Å²) < 4.78 is 87.1. The predicted octanol–water partition coefficient (Wildman–Crippen LogP) is 38.3. The number of ether oxygens (including phenoxy) is 9. The number of phenols is 1. The number of phenolic OH excluding ortho intramolecular Hbond substituents is 1. The van der Waals surface area contributed by atoms with Crippen molar-refractivity contribution in [3.05, 3.63) is 368 Å². The third-order valence-electron chi connectivity index (χ3n) is 22.9. The zero-order valence-electron chi connectivity index (χ0n) is 92.4. The molecule has 1 N–H and O–H groups in total. The monoisotopic (exact) mass is 1980 g/mol. The molecule has 0 aromatic heterocycles. The summed E-state index contributed by atoms with van der Waals surface area (Å²) in [6, 6.07) is 92.8. The molecular weight excluding hydrogens is 1800 g/mol. The Balaban J connectivity index is 0.000000402. The number of aromatic hydroxyl groups is 1. The Morgan fingerprint density at radius 2 is 0.678 bits per heavy atom. The fraction of sp³-hybridized carbons (Fsp3) is 0.430. The number of aryl methyl sites for hydroxylation is 1. The minimum atomic E-state index is -4.24. The van der Waals surface area contributed by atoms with Crippen LogP contribution in [0.2, 0.25) is 5.02 Å². The van der Waals surface area contributed by atoms with Gasteiger partial charge in [0.2, 0.25) is 6.79 Å². The van der Waals surface area contributed by atoms with Crippen LogP contribution in [-0.2, 0) is 6.18 Å². The number of hydrogen-bond donors (Lipinski definition) is 1. The van der Waals surface area contributed by atoms with Crippen molar-refractivity contribution in [1.29, 1.82) is 5.26 Å². The third-order valence-corrected chi connectivity index (χ3v) is 23.3. The molecule has 1 unspecified atom stereocenters. The Bertz CT molecular complexity index is 5410. The fourth-order valence-electron chi connectivity index (χ4n) is 15.0. The quantitative estimate of drug-likeness (QED) is 0.0658. The average molecular weight is 1980 g/mol. The second kappa shape index (κ2) is 68.4. The molecule has 12 aromatic rings. The zero-order chi connectivity index (χ0) is 107. The van der Waals surface area contributed by atoms with E-state index in [9.17, 15) is 18.3 Å². The maximum absolute atomic E-state index is 12.4. The normalized spacial score (nSPS) is 11.6. The summed E-state index contributed by atoms with van der Waals surface area (Å²) in [6.07, 6.45) is -0.610. The minimum Gasteiger partial charge on any atom is -0.508 e. The maximum Gasteiger partial charge on any atom is 0.416 e. The van der Waals surface area contributed by atoms with Crippen molar-refractivity contribution in [2.24, 2.45) is 0 Å². The van der Waals surface area contributed by atoms with E-state index in [0.29, 0.717) is 89.3 Å². The van der Waals surface area contributed by atoms with Crippen LogP contribution in [0.4, 0.5) is 13.2 Å². The Hall–Kier alpha value is -11.8. The summed E-state index contributed by atoms with van der Waals surface area (Å²) in [5.74, 6) is 14.7. The average Bonchev–Trinajstić information content (AvgIpc) is 1.67. The number of nitrogens with zero attached hydrogens (tertiary/aromatic N) is 1. The molecule has 0 saturated heterocycles. The van der Waals surface area contributed by atoms with E-state index in [1.54, 1.807) is 33.1 Å². The van der Waals surface area contributed by atoms with E-state index in [2.05, 4.69) is 303 Å². The smallest absolute Gasteiger partial charge is 0.416 e. The molecule has 12 aromatic carbocycles. The van der Waals surface area contributed by atoms with E-state index in [-0.39, 0.29) is 12.0 Å². The zero-order valence-corrected chi connectivity index (χ0v) is 93.1. The Labute approximate surface area is 867 Å². The minimum absolute atomic E-state index is 0.0992. The molecule has 0 bridgehead atoms. The van der Waals surface area contributed by atoms with E-state index >= 15 is 0 Å². The number of fused-ring (bicyclic) bond motifs is 2. The molecule has 0 fully saturated rings. The Kier molecular flexibility index (Phi) is 60.0. The number of hydrogen-bond acceptors (Lipinski definition) is 11. The molecule has 0 amide bonds. The highest BCUT2D eigenvalue weighted by atomic mass is 35.5. The van der Waals surface area contributed by atoms with Crippen LogP contribution in [0.15, 0.2) is 279 Å². The topological polar surface area (TPSA) is 127 Å². The van der Waals surface area contributed by atoms with Gasteiger partial charge in [-0.2, -0.15) is 18.4 Å². The van der Waals surface area contributed by atoms with Gasteiger partial charge in [-0.25, -0.2) is 0 Å². The number of halogens is 4. The summed E-state index contributed by atoms with van der Waals surface area (Å²) in [6.45, 7) is 69.1. The van der Waals surface area contributed by atoms with Crippen LogP contribution in [0, 0.1) is 18.3 Å². The summed E-state index contributed by atoms with van der Waals surface area (Å²) in [5.41, 5.74) is 15.8. The second-order valence-corrected chi connectivity index (χ2v) is 39.5. The molecule has 14 rings (SSSR count). The first-order valence-electron chi connectivity index (χ1n) is 51.5. The molecule has 1 atom stereocenters. The first-order chi connectivity index (χ1) is 67.9. The van der Waals surface area contributed by atoms with Gasteiger partial charge in [-0.05, 0) is 246 Å². The molecule has 0 aliphatic carbocycles. The van der Waals surface area contributed by atoms with E-state index in [1.165, 1.54) is 67.8 Å². The number of alkyl halides is 3. The van der Waals surface area contributed by atoms with E-state index in [1.807, 2.05) is 153 Å². The number of para-hydroxylation sites is 8. The van der Waals surface area contributed by atoms with Crippen LogP contribution in [-0.4, -0.2) is 57.6 Å². The fourth-order valence-corrected chi connectivity index (χ4v) is 15.3. The van der Waals surface area contributed by atoms with Crippen LogP contribution < -0.4 is 42.6 Å². The number of methoxy groups -OCH3 is 1. The lowest BCUT2D eigenvalue weighted by Crippen LogP contribution is -2.11. The molecule has 0 radical (unpaired) electrons. The first-order valence-corrected chi connectivity index (χ1v) is 51.9. The predicted molar refractivity (Wildman–Crippen MR) is 599 cm³/mol. The standard InChI is InChI=1S/C13H20O.C12H16O2.2C12H18O.C11H16O.C10H11F3.C10H11N.C10H12O2.C10H14O.C10H14.C9H11Cl.C9H12O/c1-5-11(4)14-13-9-7-6-8-12(13)10(2)3;1-9(2)10-5-3-6-11-12(10)14-8-4-7-13-11;1-9(2)11-7-5-6-8-12(11)13-10(3)4;1-4-9-13-12-8-6-5-7-11(12)10(2)3;1-4-12-11-8-6-5-7-10(11)9(2)3;1-7(2)8-5-3-4-6-9(8)10(11,12)13;1-8(2)10-6-4-3-5-9(10)7-11;1-7(2)8-4-3-5-9-10(8)12-6-11-9;1-8(2)9-6-4-5-7-10(9)11-3;1-8(2)10-7-5-4-6-9(10)3;2*1-7(2)8-5-3-4-6-9(8)10/h6-11H,5H2,1-4H3;3,5-6,9H,4,7-8H2,1-2H3;5-10H,1-4H3;5-8,10H,4,9H2,1-3H3;5-9H,4H2,1-3H3;3-7H,1-2H3;3-6,8H,1-2H3;3-5,7H,6H2,1-2H3;4-8H,1-3H3;4-8H,1-3H3;3-7H,1-2H3;3-7,10H,1-2H3. The van der Waals surface area contributed by atoms with Crippen molar-refractivity contribution in [1.82, 2.24) is 0 Å². The van der Waals surface area contributed by atoms with Gasteiger partial charge in [0.15, 0.2) is 23.0 Å². The molecular formula is C128H173ClF3NO10. The number of benzene rings is 12. The molecule has 0 spiro atoms. The van der Waals surface area contributed by atoms with Gasteiger partial charge in [0.25, 0.3) is 0 Å². The van der Waals surface area contributed by atoms with Crippen LogP contribution in [0.1, 0.15) is 381 Å². The Morgan fingerprint density at radius 3 is 1.04 bits per heavy atom. The van der Waals surface area contributed by atoms with Crippen molar-refractivity contribution in [2.45, 2.75) is 323 Å². The Morgan fingerprint density at radius 1 is 0.343 bits per heavy atom. The van der Waals surface area contributed by atoms with E-state index < -0.39 is 11.7 Å². The highest BCUT2D eigenvalue weighted by Gasteiger charge is 2.33. The molecule has 2 aliphatic rings. The van der Waals surface area contributed by atoms with Gasteiger partial charge in [0.05, 0.1) is 62.9 Å². The van der Waals surface area contributed by atoms with Gasteiger partial charge in [0.1, 0.15) is 34.5 Å². The van der Waals surface area contributed by atoms with Gasteiger partial charge in [-0.3, -0.25) is 0 Å². The molecule has 143 heavy (non-hydrogen) atoms. The first kappa shape index (κ1) is 125. The maximum atomic E-state index is 12.4. The van der Waals surface area contributed by atoms with Crippen molar-refractivity contribution < 1.29 is 60.9 Å². The molecule has 778 valence electrons. The summed E-state index contributed by atoms with van der Waals surface area (Å²) >= 11 is 5.92. The largest absolute Gasteiger partial charge is 0.508 e. The van der Waals surface area contributed by atoms with Crippen molar-refractivity contribution >= 4 is 11.6 Å². The lowest BCUT2D eigenvalue weighted by atomic mass is 9.97. The van der Waals surface area contributed by atoms with Gasteiger partial charge >= 0.3 is 6.18 Å². The van der Waals surface area contributed by atoms with Gasteiger partial charge in [-0.1, -0.05) is 404 Å². The summed E-state index contributed by atoms with van der Waals surface area (Å²) in [7, 11) is 1.71. The van der Waals surface area contributed by atoms with Crippen molar-refractivity contribution in [2.75, 3.05) is 40.3 Å². The second-order valence-electron chi connectivity index (χ2n) is 39.1. The molecule has 0 saturated carbocycles. The van der Waals surface area contributed by atoms with Gasteiger partial charge in [-0.15, -0.1) is 0 Å². The van der Waals surface area contributed by atoms with Crippen molar-refractivity contribution in [3.63, 3.8) is 0 Å². The number of nitriles is 1. The number of rotatable bonds is 23. The molecule has 2 aliphatic heterocycles.